The molecule has 6 heteroatoms. The Bertz CT molecular complexity index is 929. The Morgan fingerprint density at radius 2 is 2.26 bits per heavy atom. The van der Waals surface area contributed by atoms with Crippen molar-refractivity contribution in [1.82, 2.24) is 15.0 Å². The first-order chi connectivity index (χ1) is 11.2. The van der Waals surface area contributed by atoms with E-state index in [-0.39, 0.29) is 5.56 Å². The van der Waals surface area contributed by atoms with Gasteiger partial charge >= 0.3 is 0 Å². The highest BCUT2D eigenvalue weighted by molar-refractivity contribution is 8.01. The SMILES string of the molecule is Cc1cccnc1CCc1nc2sc3c(c2c(=O)[nH]1)CCCS3. The lowest BCUT2D eigenvalue weighted by atomic mass is 10.1. The maximum absolute atomic E-state index is 12.5. The third-order valence-electron chi connectivity index (χ3n) is 4.19. The van der Waals surface area contributed by atoms with E-state index in [9.17, 15) is 4.79 Å². The summed E-state index contributed by atoms with van der Waals surface area (Å²) < 4.78 is 1.28. The molecule has 3 aromatic heterocycles. The van der Waals surface area contributed by atoms with Crippen molar-refractivity contribution in [2.45, 2.75) is 36.8 Å². The number of aryl methyl sites for hydroxylation is 4. The Labute approximate surface area is 142 Å². The summed E-state index contributed by atoms with van der Waals surface area (Å²) in [6.07, 6.45) is 5.45. The quantitative estimate of drug-likeness (QED) is 0.790. The van der Waals surface area contributed by atoms with Gasteiger partial charge in [-0.1, -0.05) is 6.07 Å². The number of thiophene rings is 1. The van der Waals surface area contributed by atoms with Crippen molar-refractivity contribution in [1.29, 1.82) is 0 Å². The predicted molar refractivity (Wildman–Crippen MR) is 95.7 cm³/mol. The highest BCUT2D eigenvalue weighted by Crippen LogP contribution is 2.39. The van der Waals surface area contributed by atoms with Gasteiger partial charge in [-0.25, -0.2) is 4.98 Å². The van der Waals surface area contributed by atoms with E-state index < -0.39 is 0 Å². The molecule has 0 radical (unpaired) electrons. The molecule has 0 spiro atoms. The molecule has 4 heterocycles. The van der Waals surface area contributed by atoms with Gasteiger partial charge in [0.15, 0.2) is 0 Å². The van der Waals surface area contributed by atoms with Gasteiger partial charge in [0.05, 0.1) is 9.60 Å². The average Bonchev–Trinajstić information content (AvgIpc) is 2.93. The van der Waals surface area contributed by atoms with Crippen LogP contribution in [-0.2, 0) is 19.3 Å². The van der Waals surface area contributed by atoms with E-state index in [4.69, 9.17) is 4.98 Å². The molecule has 0 amide bonds. The van der Waals surface area contributed by atoms with Gasteiger partial charge in [-0.3, -0.25) is 9.78 Å². The zero-order valence-corrected chi connectivity index (χ0v) is 14.5. The van der Waals surface area contributed by atoms with Crippen LogP contribution >= 0.6 is 23.1 Å². The highest BCUT2D eigenvalue weighted by atomic mass is 32.2. The van der Waals surface area contributed by atoms with Gasteiger partial charge < -0.3 is 4.98 Å². The summed E-state index contributed by atoms with van der Waals surface area (Å²) in [5.41, 5.74) is 3.47. The number of thioether (sulfide) groups is 1. The molecule has 0 bridgehead atoms. The third kappa shape index (κ3) is 2.81. The Balaban J connectivity index is 1.66. The van der Waals surface area contributed by atoms with Crippen molar-refractivity contribution in [2.24, 2.45) is 0 Å². The molecule has 0 saturated heterocycles. The standard InChI is InChI=1S/C17H17N3OS2/c1-10-4-2-8-18-12(10)6-7-13-19-15(21)14-11-5-3-9-22-17(11)23-16(14)20-13/h2,4,8H,3,5-7,9H2,1H3,(H,19,20,21). The van der Waals surface area contributed by atoms with Crippen molar-refractivity contribution in [2.75, 3.05) is 5.75 Å². The second kappa shape index (κ2) is 6.09. The fourth-order valence-corrected chi connectivity index (χ4v) is 5.53. The van der Waals surface area contributed by atoms with Crippen LogP contribution in [0, 0.1) is 6.92 Å². The zero-order valence-electron chi connectivity index (χ0n) is 12.9. The lowest BCUT2D eigenvalue weighted by Gasteiger charge is -2.09. The van der Waals surface area contributed by atoms with Gasteiger partial charge in [-0.05, 0) is 49.1 Å². The maximum Gasteiger partial charge on any atom is 0.259 e. The molecule has 3 aromatic rings. The first-order valence-electron chi connectivity index (χ1n) is 7.80. The summed E-state index contributed by atoms with van der Waals surface area (Å²) in [6, 6.07) is 4.01. The molecule has 0 saturated carbocycles. The van der Waals surface area contributed by atoms with E-state index in [0.29, 0.717) is 6.42 Å². The van der Waals surface area contributed by atoms with Crippen LogP contribution in [-0.4, -0.2) is 20.7 Å². The number of hydrogen-bond donors (Lipinski definition) is 1. The van der Waals surface area contributed by atoms with Crippen molar-refractivity contribution in [3.8, 4) is 0 Å². The Morgan fingerprint density at radius 1 is 1.35 bits per heavy atom. The molecule has 1 N–H and O–H groups in total. The summed E-state index contributed by atoms with van der Waals surface area (Å²) in [5, 5.41) is 0.815. The summed E-state index contributed by atoms with van der Waals surface area (Å²) in [5.74, 6) is 1.90. The van der Waals surface area contributed by atoms with Crippen molar-refractivity contribution in [3.05, 3.63) is 51.3 Å². The third-order valence-corrected chi connectivity index (χ3v) is 6.72. The van der Waals surface area contributed by atoms with Gasteiger partial charge in [0.2, 0.25) is 0 Å². The lowest BCUT2D eigenvalue weighted by molar-refractivity contribution is 0.831. The van der Waals surface area contributed by atoms with E-state index in [2.05, 4.69) is 23.0 Å². The van der Waals surface area contributed by atoms with E-state index in [1.54, 1.807) is 11.3 Å². The average molecular weight is 343 g/mol. The fraction of sp³-hybridized carbons (Fsp3) is 0.353. The Morgan fingerprint density at radius 3 is 3.13 bits per heavy atom. The number of rotatable bonds is 3. The molecule has 0 unspecified atom stereocenters. The largest absolute Gasteiger partial charge is 0.310 e. The van der Waals surface area contributed by atoms with E-state index in [0.717, 1.165) is 46.8 Å². The van der Waals surface area contributed by atoms with Crippen molar-refractivity contribution in [3.63, 3.8) is 0 Å². The number of pyridine rings is 1. The van der Waals surface area contributed by atoms with Crippen molar-refractivity contribution < 1.29 is 0 Å². The fourth-order valence-electron chi connectivity index (χ4n) is 2.98. The minimum Gasteiger partial charge on any atom is -0.310 e. The summed E-state index contributed by atoms with van der Waals surface area (Å²) in [4.78, 5) is 25.5. The summed E-state index contributed by atoms with van der Waals surface area (Å²) >= 11 is 3.53. The van der Waals surface area contributed by atoms with Crippen LogP contribution in [0.4, 0.5) is 0 Å². The van der Waals surface area contributed by atoms with Gasteiger partial charge in [-0.2, -0.15) is 0 Å². The number of aromatic amines is 1. The Kier molecular flexibility index (Phi) is 3.95. The van der Waals surface area contributed by atoms with Crippen LogP contribution in [0.25, 0.3) is 10.2 Å². The van der Waals surface area contributed by atoms with Gasteiger partial charge in [0.25, 0.3) is 5.56 Å². The second-order valence-electron chi connectivity index (χ2n) is 5.78. The molecule has 118 valence electrons. The van der Waals surface area contributed by atoms with E-state index in [1.807, 2.05) is 24.0 Å². The molecular formula is C17H17N3OS2. The van der Waals surface area contributed by atoms with E-state index in [1.165, 1.54) is 15.3 Å². The molecule has 0 aliphatic carbocycles. The van der Waals surface area contributed by atoms with Crippen LogP contribution in [0.15, 0.2) is 27.3 Å². The lowest BCUT2D eigenvalue weighted by Crippen LogP contribution is -2.13. The second-order valence-corrected chi connectivity index (χ2v) is 8.14. The van der Waals surface area contributed by atoms with Gasteiger partial charge in [0.1, 0.15) is 10.7 Å². The topological polar surface area (TPSA) is 58.6 Å². The first kappa shape index (κ1) is 14.9. The van der Waals surface area contributed by atoms with Crippen LogP contribution < -0.4 is 5.56 Å². The van der Waals surface area contributed by atoms with Crippen molar-refractivity contribution >= 4 is 33.3 Å². The molecule has 4 nitrogen and oxygen atoms in total. The zero-order chi connectivity index (χ0) is 15.8. The molecular weight excluding hydrogens is 326 g/mol. The molecule has 23 heavy (non-hydrogen) atoms. The molecule has 0 atom stereocenters. The monoisotopic (exact) mass is 343 g/mol. The van der Waals surface area contributed by atoms with Crippen LogP contribution in [0.1, 0.15) is 29.1 Å². The van der Waals surface area contributed by atoms with Crippen LogP contribution in [0.5, 0.6) is 0 Å². The normalized spacial score (nSPS) is 14.1. The Hall–Kier alpha value is -1.66. The predicted octanol–water partition coefficient (Wildman–Crippen LogP) is 3.51. The number of nitrogens with zero attached hydrogens (tertiary/aromatic N) is 2. The smallest absolute Gasteiger partial charge is 0.259 e. The molecule has 1 aliphatic heterocycles. The maximum atomic E-state index is 12.5. The highest BCUT2D eigenvalue weighted by Gasteiger charge is 2.20. The first-order valence-corrected chi connectivity index (χ1v) is 9.60. The summed E-state index contributed by atoms with van der Waals surface area (Å²) in [6.45, 7) is 2.06. The molecule has 4 rings (SSSR count). The van der Waals surface area contributed by atoms with E-state index >= 15 is 0 Å². The molecule has 0 fully saturated rings. The minimum atomic E-state index is 0.0164. The number of nitrogens with one attached hydrogen (secondary N) is 1. The number of hydrogen-bond acceptors (Lipinski definition) is 5. The number of H-pyrrole nitrogens is 1. The van der Waals surface area contributed by atoms with Gasteiger partial charge in [0, 0.05) is 18.3 Å². The van der Waals surface area contributed by atoms with Crippen LogP contribution in [0.3, 0.4) is 0 Å². The number of aromatic nitrogens is 3. The molecule has 0 aromatic carbocycles. The minimum absolute atomic E-state index is 0.0164. The van der Waals surface area contributed by atoms with Gasteiger partial charge in [-0.15, -0.1) is 23.1 Å². The summed E-state index contributed by atoms with van der Waals surface area (Å²) in [7, 11) is 0. The molecule has 1 aliphatic rings. The number of fused-ring (bicyclic) bond motifs is 3. The van der Waals surface area contributed by atoms with Crippen LogP contribution in [0.2, 0.25) is 0 Å².